The van der Waals surface area contributed by atoms with Crippen LogP contribution in [0.25, 0.3) is 0 Å². The largest absolute Gasteiger partial charge is 0.504 e. The molecule has 3 aromatic carbocycles. The maximum Gasteiger partial charge on any atom is 0.246 e. The highest BCUT2D eigenvalue weighted by Gasteiger charge is 2.70. The highest BCUT2D eigenvalue weighted by atomic mass is 35.5. The van der Waals surface area contributed by atoms with Crippen molar-refractivity contribution in [2.24, 2.45) is 23.7 Å². The van der Waals surface area contributed by atoms with E-state index in [1.165, 1.54) is 24.0 Å². The molecule has 8 nitrogen and oxygen atoms in total. The first kappa shape index (κ1) is 27.4. The van der Waals surface area contributed by atoms with E-state index in [2.05, 4.69) is 0 Å². The number of amides is 4. The van der Waals surface area contributed by atoms with Crippen LogP contribution in [0, 0.1) is 23.7 Å². The molecule has 7 rings (SSSR count). The number of imide groups is 2. The van der Waals surface area contributed by atoms with E-state index in [1.807, 2.05) is 36.4 Å². The summed E-state index contributed by atoms with van der Waals surface area (Å²) in [7, 11) is 2.96. The Bertz CT molecular complexity index is 1740. The molecule has 0 unspecified atom stereocenters. The molecule has 6 atom stereocenters. The number of hydrogen-bond acceptors (Lipinski definition) is 6. The summed E-state index contributed by atoms with van der Waals surface area (Å²) in [5.74, 6) is -4.29. The van der Waals surface area contributed by atoms with E-state index < -0.39 is 40.9 Å². The van der Waals surface area contributed by atoms with Gasteiger partial charge in [0.15, 0.2) is 11.5 Å². The van der Waals surface area contributed by atoms with Gasteiger partial charge in [0.05, 0.1) is 36.0 Å². The number of ether oxygens (including phenoxy) is 1. The van der Waals surface area contributed by atoms with E-state index in [-0.39, 0.29) is 35.6 Å². The van der Waals surface area contributed by atoms with Crippen LogP contribution in [0.4, 0.5) is 5.69 Å². The Morgan fingerprint density at radius 1 is 0.907 bits per heavy atom. The van der Waals surface area contributed by atoms with Crippen molar-refractivity contribution in [1.82, 2.24) is 4.90 Å². The van der Waals surface area contributed by atoms with Crippen LogP contribution in [0.2, 0.25) is 5.02 Å². The highest BCUT2D eigenvalue weighted by molar-refractivity contribution is 6.32. The summed E-state index contributed by atoms with van der Waals surface area (Å²) in [5.41, 5.74) is 1.08. The summed E-state index contributed by atoms with van der Waals surface area (Å²) < 4.78 is 5.32. The SMILES string of the molecule is COc1ccc([C@H]2C3=CC[C@@H]4C(=O)N(C)C(=O)[C@@H]4[C@@H]3C[C@H]3C(=O)N(c4cccc(Cl)c4)C(=O)[C@@]23c2ccccc2)cc1O. The summed E-state index contributed by atoms with van der Waals surface area (Å²) in [4.78, 5) is 58.7. The first-order valence-electron chi connectivity index (χ1n) is 14.3. The molecule has 4 aliphatic rings. The molecular formula is C34H29ClN2O6. The lowest BCUT2D eigenvalue weighted by Crippen LogP contribution is -2.53. The number of allylic oxidation sites excluding steroid dienone is 2. The number of carbonyl (C=O) groups excluding carboxylic acids is 4. The van der Waals surface area contributed by atoms with E-state index in [4.69, 9.17) is 16.3 Å². The van der Waals surface area contributed by atoms with Crippen molar-refractivity contribution in [3.05, 3.63) is 101 Å². The summed E-state index contributed by atoms with van der Waals surface area (Å²) in [6.07, 6.45) is 2.55. The van der Waals surface area contributed by atoms with Crippen molar-refractivity contribution in [2.45, 2.75) is 24.2 Å². The van der Waals surface area contributed by atoms with E-state index >= 15 is 4.79 Å². The first-order chi connectivity index (χ1) is 20.7. The fourth-order valence-corrected chi connectivity index (χ4v) is 8.35. The number of methoxy groups -OCH3 is 1. The predicted molar refractivity (Wildman–Crippen MR) is 159 cm³/mol. The summed E-state index contributed by atoms with van der Waals surface area (Å²) >= 11 is 6.33. The number of hydrogen-bond donors (Lipinski definition) is 1. The van der Waals surface area contributed by atoms with Gasteiger partial charge in [0, 0.05) is 18.0 Å². The Labute approximate surface area is 253 Å². The van der Waals surface area contributed by atoms with Crippen LogP contribution in [-0.2, 0) is 24.6 Å². The van der Waals surface area contributed by atoms with E-state index in [0.29, 0.717) is 28.3 Å². The minimum Gasteiger partial charge on any atom is -0.504 e. The number of benzene rings is 3. The smallest absolute Gasteiger partial charge is 0.246 e. The molecule has 1 N–H and O–H groups in total. The minimum absolute atomic E-state index is 0.105. The molecular weight excluding hydrogens is 568 g/mol. The number of aromatic hydroxyl groups is 1. The van der Waals surface area contributed by atoms with Gasteiger partial charge in [-0.3, -0.25) is 24.1 Å². The summed E-state index contributed by atoms with van der Waals surface area (Å²) in [5, 5.41) is 11.3. The zero-order valence-electron chi connectivity index (χ0n) is 23.6. The second kappa shape index (κ2) is 9.81. The van der Waals surface area contributed by atoms with Crippen LogP contribution in [-0.4, -0.2) is 47.8 Å². The van der Waals surface area contributed by atoms with E-state index in [9.17, 15) is 19.5 Å². The summed E-state index contributed by atoms with van der Waals surface area (Å²) in [6, 6.07) is 20.9. The molecule has 1 saturated carbocycles. The second-order valence-electron chi connectivity index (χ2n) is 11.8. The number of phenolic OH excluding ortho intramolecular Hbond substituents is 1. The minimum atomic E-state index is -1.39. The van der Waals surface area contributed by atoms with Crippen molar-refractivity contribution in [3.63, 3.8) is 0 Å². The van der Waals surface area contributed by atoms with Crippen LogP contribution in [0.3, 0.4) is 0 Å². The van der Waals surface area contributed by atoms with Crippen LogP contribution in [0.15, 0.2) is 84.4 Å². The number of anilines is 1. The number of phenols is 1. The van der Waals surface area contributed by atoms with E-state index in [1.54, 1.807) is 42.5 Å². The van der Waals surface area contributed by atoms with Crippen molar-refractivity contribution in [3.8, 4) is 11.5 Å². The third kappa shape index (κ3) is 3.69. The molecule has 9 heteroatoms. The average Bonchev–Trinajstić information content (AvgIpc) is 3.37. The number of rotatable bonds is 4. The Morgan fingerprint density at radius 2 is 1.67 bits per heavy atom. The van der Waals surface area contributed by atoms with Crippen LogP contribution in [0.1, 0.15) is 29.9 Å². The van der Waals surface area contributed by atoms with Crippen molar-refractivity contribution >= 4 is 40.9 Å². The van der Waals surface area contributed by atoms with Gasteiger partial charge in [0.2, 0.25) is 23.6 Å². The van der Waals surface area contributed by atoms with Gasteiger partial charge in [-0.05, 0) is 60.2 Å². The van der Waals surface area contributed by atoms with Crippen LogP contribution < -0.4 is 9.64 Å². The third-order valence-electron chi connectivity index (χ3n) is 9.92. The topological polar surface area (TPSA) is 104 Å². The molecule has 218 valence electrons. The normalized spacial score (nSPS) is 29.7. The number of fused-ring (bicyclic) bond motifs is 4. The highest BCUT2D eigenvalue weighted by Crippen LogP contribution is 2.64. The van der Waals surface area contributed by atoms with Gasteiger partial charge in [-0.1, -0.05) is 65.7 Å². The van der Waals surface area contributed by atoms with Gasteiger partial charge in [-0.25, -0.2) is 4.90 Å². The van der Waals surface area contributed by atoms with Gasteiger partial charge < -0.3 is 9.84 Å². The predicted octanol–water partition coefficient (Wildman–Crippen LogP) is 4.85. The molecule has 4 amide bonds. The zero-order chi connectivity index (χ0) is 30.2. The van der Waals surface area contributed by atoms with Crippen LogP contribution in [0.5, 0.6) is 11.5 Å². The monoisotopic (exact) mass is 596 g/mol. The molecule has 0 aromatic heterocycles. The molecule has 2 aliphatic heterocycles. The second-order valence-corrected chi connectivity index (χ2v) is 12.2. The molecule has 2 aliphatic carbocycles. The molecule has 0 bridgehead atoms. The van der Waals surface area contributed by atoms with Crippen molar-refractivity contribution in [1.29, 1.82) is 0 Å². The average molecular weight is 597 g/mol. The standard InChI is InChI=1S/C34H29ClN2O6/c1-36-30(39)23-13-12-22-24(28(23)32(36)41)17-25-31(40)37(21-10-6-9-20(35)16-21)33(42)34(25,19-7-4-3-5-8-19)29(22)18-11-14-27(43-2)26(38)15-18/h3-12,14-16,23-25,28-29,38H,13,17H2,1-2H3/t23-,24+,25-,28-,29-,34+/m0/s1. The molecule has 3 aromatic rings. The van der Waals surface area contributed by atoms with Gasteiger partial charge >= 0.3 is 0 Å². The van der Waals surface area contributed by atoms with Gasteiger partial charge in [0.1, 0.15) is 0 Å². The number of nitrogens with zero attached hydrogens (tertiary/aromatic N) is 2. The molecule has 0 radical (unpaired) electrons. The lowest BCUT2D eigenvalue weighted by Gasteiger charge is -2.50. The fraction of sp³-hybridized carbons (Fsp3) is 0.294. The number of carbonyl (C=O) groups is 4. The van der Waals surface area contributed by atoms with Crippen molar-refractivity contribution in [2.75, 3.05) is 19.1 Å². The lowest BCUT2D eigenvalue weighted by molar-refractivity contribution is -0.138. The first-order valence-corrected chi connectivity index (χ1v) is 14.7. The third-order valence-corrected chi connectivity index (χ3v) is 10.2. The zero-order valence-corrected chi connectivity index (χ0v) is 24.3. The lowest BCUT2D eigenvalue weighted by atomic mass is 9.49. The Hall–Kier alpha value is -4.43. The Balaban J connectivity index is 1.52. The molecule has 3 fully saturated rings. The van der Waals surface area contributed by atoms with Gasteiger partial charge in [0.25, 0.3) is 0 Å². The van der Waals surface area contributed by atoms with Gasteiger partial charge in [-0.15, -0.1) is 0 Å². The number of halogens is 1. The molecule has 2 heterocycles. The summed E-state index contributed by atoms with van der Waals surface area (Å²) in [6.45, 7) is 0. The molecule has 43 heavy (non-hydrogen) atoms. The van der Waals surface area contributed by atoms with Crippen LogP contribution >= 0.6 is 11.6 Å². The van der Waals surface area contributed by atoms with E-state index in [0.717, 1.165) is 5.57 Å². The maximum absolute atomic E-state index is 15.1. The van der Waals surface area contributed by atoms with Gasteiger partial charge in [-0.2, -0.15) is 0 Å². The van der Waals surface area contributed by atoms with Crippen molar-refractivity contribution < 1.29 is 29.0 Å². The molecule has 2 saturated heterocycles. The maximum atomic E-state index is 15.1. The Kier molecular flexibility index (Phi) is 6.25. The Morgan fingerprint density at radius 3 is 2.37 bits per heavy atom. The number of likely N-dealkylation sites (tertiary alicyclic amines) is 1. The fourth-order valence-electron chi connectivity index (χ4n) is 8.16. The quantitative estimate of drug-likeness (QED) is 0.341. The molecule has 0 spiro atoms.